The van der Waals surface area contributed by atoms with Crippen LogP contribution in [0.15, 0.2) is 64.7 Å². The Morgan fingerprint density at radius 3 is 2.59 bits per heavy atom. The first-order valence-corrected chi connectivity index (χ1v) is 15.6. The first-order valence-electron chi connectivity index (χ1n) is 13.4. The van der Waals surface area contributed by atoms with Crippen LogP contribution in [0.4, 0.5) is 17.2 Å². The van der Waals surface area contributed by atoms with Crippen molar-refractivity contribution in [2.75, 3.05) is 10.3 Å². The summed E-state index contributed by atoms with van der Waals surface area (Å²) in [5.41, 5.74) is 0.431. The number of hydrogen-bond donors (Lipinski definition) is 2. The molecule has 2 unspecified atom stereocenters. The predicted octanol–water partition coefficient (Wildman–Crippen LogP) is 5.07. The van der Waals surface area contributed by atoms with E-state index in [9.17, 15) is 28.1 Å². The van der Waals surface area contributed by atoms with Gasteiger partial charge in [-0.25, -0.2) is 9.99 Å². The van der Waals surface area contributed by atoms with Crippen LogP contribution in [0.2, 0.25) is 10.0 Å². The van der Waals surface area contributed by atoms with Crippen LogP contribution in [-0.2, 0) is 19.1 Å². The second kappa shape index (κ2) is 12.4. The quantitative estimate of drug-likeness (QED) is 0.180. The number of pyridine rings is 1. The van der Waals surface area contributed by atoms with Crippen molar-refractivity contribution in [1.29, 1.82) is 0 Å². The van der Waals surface area contributed by atoms with E-state index in [1.807, 2.05) is 6.92 Å². The largest absolute Gasteiger partial charge is 0.361 e. The number of non-ortho nitro benzene ring substituents is 1. The molecule has 2 aliphatic rings. The lowest BCUT2D eigenvalue weighted by atomic mass is 10.1. The van der Waals surface area contributed by atoms with Gasteiger partial charge in [0.1, 0.15) is 10.9 Å². The highest BCUT2D eigenvalue weighted by atomic mass is 35.5. The number of halogens is 2. The van der Waals surface area contributed by atoms with E-state index in [0.29, 0.717) is 16.5 Å². The Bertz CT molecular complexity index is 1800. The molecule has 1 aliphatic heterocycles. The molecule has 2 amide bonds. The Kier molecular flexibility index (Phi) is 8.77. The number of hydrazone groups is 1. The Morgan fingerprint density at radius 2 is 1.91 bits per heavy atom. The average Bonchev–Trinajstić information content (AvgIpc) is 3.75. The van der Waals surface area contributed by atoms with E-state index < -0.39 is 43.5 Å². The third-order valence-corrected chi connectivity index (χ3v) is 8.90. The number of anilines is 2. The standard InChI is InChI=1S/C28H26Cl2N6O7S/c1-15-11-18(29)12-21(27(37)32-16(2)17-8-9-17)25(15)33-28(38)23-14-24(34-35(23)26-22(30)7-4-10-31-26)43-44(41,42)20-6-3-5-19(13-20)36(39)40/h3-7,10-13,16-17,23H,8-9,14H2,1-2H3,(H,32,37)(H,33,38). The van der Waals surface area contributed by atoms with Gasteiger partial charge < -0.3 is 14.8 Å². The number of hydrogen-bond acceptors (Lipinski definition) is 10. The average molecular weight is 662 g/mol. The maximum absolute atomic E-state index is 13.8. The number of nitrogens with zero attached hydrogens (tertiary/aromatic N) is 4. The number of aryl methyl sites for hydroxylation is 1. The van der Waals surface area contributed by atoms with Crippen LogP contribution in [0, 0.1) is 23.0 Å². The van der Waals surface area contributed by atoms with Crippen LogP contribution >= 0.6 is 23.2 Å². The fourth-order valence-electron chi connectivity index (χ4n) is 4.70. The van der Waals surface area contributed by atoms with Gasteiger partial charge in [-0.3, -0.25) is 19.7 Å². The minimum absolute atomic E-state index is 0.0460. The van der Waals surface area contributed by atoms with Crippen molar-refractivity contribution in [3.63, 3.8) is 0 Å². The lowest BCUT2D eigenvalue weighted by Gasteiger charge is -2.23. The van der Waals surface area contributed by atoms with Crippen molar-refractivity contribution in [2.45, 2.75) is 50.1 Å². The number of nitrogens with one attached hydrogen (secondary N) is 2. The predicted molar refractivity (Wildman–Crippen MR) is 163 cm³/mol. The zero-order chi connectivity index (χ0) is 31.8. The van der Waals surface area contributed by atoms with E-state index in [2.05, 4.69) is 20.7 Å². The maximum Gasteiger partial charge on any atom is 0.340 e. The summed E-state index contributed by atoms with van der Waals surface area (Å²) < 4.78 is 31.3. The van der Waals surface area contributed by atoms with Gasteiger partial charge in [-0.2, -0.15) is 8.42 Å². The van der Waals surface area contributed by atoms with Crippen molar-refractivity contribution in [2.24, 2.45) is 11.0 Å². The second-order valence-electron chi connectivity index (χ2n) is 10.4. The topological polar surface area (TPSA) is 173 Å². The van der Waals surface area contributed by atoms with Gasteiger partial charge >= 0.3 is 10.1 Å². The summed E-state index contributed by atoms with van der Waals surface area (Å²) in [6.07, 6.45) is 3.11. The van der Waals surface area contributed by atoms with Crippen molar-refractivity contribution in [1.82, 2.24) is 10.3 Å². The summed E-state index contributed by atoms with van der Waals surface area (Å²) in [4.78, 5) is 41.2. The molecule has 3 aromatic rings. The van der Waals surface area contributed by atoms with Gasteiger partial charge in [-0.15, -0.1) is 5.10 Å². The molecular formula is C28H26Cl2N6O7S. The van der Waals surface area contributed by atoms with Crippen molar-refractivity contribution in [3.05, 3.63) is 86.0 Å². The molecule has 16 heteroatoms. The highest BCUT2D eigenvalue weighted by Crippen LogP contribution is 2.34. The van der Waals surface area contributed by atoms with Crippen LogP contribution in [0.3, 0.4) is 0 Å². The number of benzene rings is 2. The molecule has 1 fully saturated rings. The summed E-state index contributed by atoms with van der Waals surface area (Å²) in [5, 5.41) is 22.6. The third kappa shape index (κ3) is 6.77. The minimum Gasteiger partial charge on any atom is -0.361 e. The Morgan fingerprint density at radius 1 is 1.16 bits per heavy atom. The van der Waals surface area contributed by atoms with Crippen molar-refractivity contribution in [3.8, 4) is 0 Å². The summed E-state index contributed by atoms with van der Waals surface area (Å²) >= 11 is 12.6. The lowest BCUT2D eigenvalue weighted by molar-refractivity contribution is -0.385. The van der Waals surface area contributed by atoms with Gasteiger partial charge in [0.2, 0.25) is 11.8 Å². The number of nitro benzene ring substituents is 1. The summed E-state index contributed by atoms with van der Waals surface area (Å²) in [7, 11) is -4.58. The molecule has 1 aliphatic carbocycles. The zero-order valence-electron chi connectivity index (χ0n) is 23.4. The lowest BCUT2D eigenvalue weighted by Crippen LogP contribution is -2.40. The highest BCUT2D eigenvalue weighted by Gasteiger charge is 2.39. The zero-order valence-corrected chi connectivity index (χ0v) is 25.7. The van der Waals surface area contributed by atoms with Gasteiger partial charge in [0.05, 0.1) is 27.6 Å². The normalized spacial score (nSPS) is 17.0. The fourth-order valence-corrected chi connectivity index (χ4v) is 6.14. The van der Waals surface area contributed by atoms with Crippen molar-refractivity contribution < 1.29 is 27.1 Å². The molecule has 0 radical (unpaired) electrons. The molecule has 44 heavy (non-hydrogen) atoms. The minimum atomic E-state index is -4.58. The molecular weight excluding hydrogens is 635 g/mol. The second-order valence-corrected chi connectivity index (χ2v) is 12.8. The van der Waals surface area contributed by atoms with E-state index in [1.165, 1.54) is 24.4 Å². The Labute approximate surface area is 262 Å². The van der Waals surface area contributed by atoms with Gasteiger partial charge in [0.25, 0.3) is 11.6 Å². The number of carbonyl (C=O) groups is 2. The molecule has 0 bridgehead atoms. The fraction of sp³-hybridized carbons (Fsp3) is 0.286. The van der Waals surface area contributed by atoms with E-state index >= 15 is 0 Å². The molecule has 13 nitrogen and oxygen atoms in total. The number of carbonyl (C=O) groups excluding carboxylic acids is 2. The molecule has 2 N–H and O–H groups in total. The number of rotatable bonds is 9. The van der Waals surface area contributed by atoms with Gasteiger partial charge in [0.15, 0.2) is 5.82 Å². The summed E-state index contributed by atoms with van der Waals surface area (Å²) in [5.74, 6) is -1.03. The van der Waals surface area contributed by atoms with Gasteiger partial charge in [-0.05, 0) is 68.5 Å². The Hall–Kier alpha value is -4.27. The van der Waals surface area contributed by atoms with E-state index in [0.717, 1.165) is 36.0 Å². The number of aromatic nitrogens is 1. The van der Waals surface area contributed by atoms with Crippen LogP contribution in [0.5, 0.6) is 0 Å². The van der Waals surface area contributed by atoms with E-state index in [4.69, 9.17) is 27.4 Å². The monoisotopic (exact) mass is 660 g/mol. The molecule has 0 saturated heterocycles. The van der Waals surface area contributed by atoms with Crippen LogP contribution in [0.1, 0.15) is 42.1 Å². The molecule has 2 atom stereocenters. The molecule has 1 saturated carbocycles. The maximum atomic E-state index is 13.8. The molecule has 0 spiro atoms. The molecule has 2 aromatic carbocycles. The highest BCUT2D eigenvalue weighted by molar-refractivity contribution is 7.87. The van der Waals surface area contributed by atoms with Crippen LogP contribution in [-0.4, -0.2) is 48.1 Å². The number of amides is 2. The first kappa shape index (κ1) is 31.2. The van der Waals surface area contributed by atoms with Crippen LogP contribution in [0.25, 0.3) is 0 Å². The van der Waals surface area contributed by atoms with Crippen LogP contribution < -0.4 is 15.6 Å². The third-order valence-electron chi connectivity index (χ3n) is 7.15. The Balaban J connectivity index is 1.44. The summed E-state index contributed by atoms with van der Waals surface area (Å²) in [6.45, 7) is 3.60. The molecule has 230 valence electrons. The van der Waals surface area contributed by atoms with Gasteiger partial charge in [0, 0.05) is 29.4 Å². The van der Waals surface area contributed by atoms with E-state index in [1.54, 1.807) is 19.1 Å². The molecule has 1 aromatic heterocycles. The first-order chi connectivity index (χ1) is 20.8. The smallest absolute Gasteiger partial charge is 0.340 e. The number of nitro groups is 1. The van der Waals surface area contributed by atoms with Gasteiger partial charge in [-0.1, -0.05) is 29.3 Å². The SMILES string of the molecule is Cc1cc(Cl)cc(C(=O)NC(C)C2CC2)c1NC(=O)C1CC(OS(=O)(=O)c2cccc([N+](=O)[O-])c2)=NN1c1ncccc1Cl. The van der Waals surface area contributed by atoms with E-state index in [-0.39, 0.29) is 40.5 Å². The molecule has 2 heterocycles. The summed E-state index contributed by atoms with van der Waals surface area (Å²) in [6, 6.07) is 9.17. The molecule has 5 rings (SSSR count). The van der Waals surface area contributed by atoms with Crippen molar-refractivity contribution >= 4 is 68.2 Å².